The van der Waals surface area contributed by atoms with Crippen LogP contribution < -0.4 is 10.9 Å². The molecule has 0 atom stereocenters. The van der Waals surface area contributed by atoms with Gasteiger partial charge in [-0.3, -0.25) is 14.2 Å². The van der Waals surface area contributed by atoms with Gasteiger partial charge in [0, 0.05) is 10.7 Å². The second-order valence-electron chi connectivity index (χ2n) is 6.14. The minimum absolute atomic E-state index is 0.115. The molecule has 2 aromatic heterocycles. The molecule has 4 rings (SSSR count). The number of hydrogen-bond acceptors (Lipinski definition) is 5. The van der Waals surface area contributed by atoms with Crippen molar-refractivity contribution in [2.75, 3.05) is 5.32 Å². The van der Waals surface area contributed by atoms with Crippen LogP contribution >= 0.6 is 11.6 Å². The van der Waals surface area contributed by atoms with Crippen LogP contribution in [0.5, 0.6) is 0 Å². The average Bonchev–Trinajstić information content (AvgIpc) is 3.10. The van der Waals surface area contributed by atoms with Gasteiger partial charge in [-0.25, -0.2) is 9.67 Å². The molecule has 0 spiro atoms. The molecule has 9 heteroatoms. The van der Waals surface area contributed by atoms with Crippen LogP contribution in [0.2, 0.25) is 5.02 Å². The van der Waals surface area contributed by atoms with E-state index in [-0.39, 0.29) is 18.0 Å². The van der Waals surface area contributed by atoms with Crippen molar-refractivity contribution in [1.29, 1.82) is 0 Å². The zero-order valence-corrected chi connectivity index (χ0v) is 15.4. The topological polar surface area (TPSA) is 94.7 Å². The number of aromatic nitrogens is 5. The molecule has 1 N–H and O–H groups in total. The summed E-state index contributed by atoms with van der Waals surface area (Å²) in [5.74, 6) is -0.331. The first kappa shape index (κ1) is 17.9. The molecule has 0 aliphatic rings. The third kappa shape index (κ3) is 3.77. The maximum absolute atomic E-state index is 12.6. The number of hydrogen-bond donors (Lipinski definition) is 1. The highest BCUT2D eigenvalue weighted by atomic mass is 35.5. The minimum Gasteiger partial charge on any atom is -0.325 e. The molecule has 0 fully saturated rings. The quantitative estimate of drug-likeness (QED) is 0.560. The van der Waals surface area contributed by atoms with Crippen LogP contribution in [0.4, 0.5) is 5.69 Å². The summed E-state index contributed by atoms with van der Waals surface area (Å²) in [6.07, 6.45) is 1.33. The monoisotopic (exact) mass is 394 g/mol. The maximum atomic E-state index is 12.6. The van der Waals surface area contributed by atoms with Crippen molar-refractivity contribution in [3.63, 3.8) is 0 Å². The van der Waals surface area contributed by atoms with Gasteiger partial charge in [0.25, 0.3) is 5.56 Å². The van der Waals surface area contributed by atoms with Gasteiger partial charge in [-0.1, -0.05) is 47.1 Å². The number of carbonyl (C=O) groups is 1. The zero-order chi connectivity index (χ0) is 19.5. The lowest BCUT2D eigenvalue weighted by atomic mass is 10.2. The largest absolute Gasteiger partial charge is 0.325 e. The molecule has 2 heterocycles. The predicted molar refractivity (Wildman–Crippen MR) is 105 cm³/mol. The van der Waals surface area contributed by atoms with Gasteiger partial charge in [-0.2, -0.15) is 0 Å². The molecule has 1 amide bonds. The van der Waals surface area contributed by atoms with E-state index < -0.39 is 5.56 Å². The molecule has 0 saturated carbocycles. The molecule has 8 nitrogen and oxygen atoms in total. The summed E-state index contributed by atoms with van der Waals surface area (Å²) in [6, 6.07) is 16.3. The Kier molecular flexibility index (Phi) is 4.86. The normalized spacial score (nSPS) is 10.9. The molecule has 0 unspecified atom stereocenters. The first-order valence-corrected chi connectivity index (χ1v) is 8.86. The summed E-state index contributed by atoms with van der Waals surface area (Å²) in [5, 5.41) is 11.3. The van der Waals surface area contributed by atoms with Gasteiger partial charge in [-0.05, 0) is 29.8 Å². The van der Waals surface area contributed by atoms with Crippen LogP contribution in [0.25, 0.3) is 11.2 Å². The van der Waals surface area contributed by atoms with Gasteiger partial charge < -0.3 is 5.32 Å². The van der Waals surface area contributed by atoms with E-state index in [1.54, 1.807) is 24.3 Å². The van der Waals surface area contributed by atoms with E-state index in [9.17, 15) is 9.59 Å². The minimum atomic E-state index is -0.421. The highest BCUT2D eigenvalue weighted by molar-refractivity contribution is 6.30. The number of nitrogens with one attached hydrogen (secondary N) is 1. The van der Waals surface area contributed by atoms with E-state index in [1.807, 2.05) is 30.3 Å². The predicted octanol–water partition coefficient (Wildman–Crippen LogP) is 2.33. The maximum Gasteiger partial charge on any atom is 0.283 e. The first-order valence-electron chi connectivity index (χ1n) is 8.48. The van der Waals surface area contributed by atoms with Crippen LogP contribution in [-0.4, -0.2) is 30.5 Å². The molecule has 28 heavy (non-hydrogen) atoms. The molecule has 140 valence electrons. The molecule has 0 bridgehead atoms. The second kappa shape index (κ2) is 7.61. The van der Waals surface area contributed by atoms with E-state index in [0.717, 1.165) is 5.56 Å². The van der Waals surface area contributed by atoms with Crippen molar-refractivity contribution in [2.24, 2.45) is 0 Å². The van der Waals surface area contributed by atoms with E-state index in [2.05, 4.69) is 20.6 Å². The number of nitrogens with zero attached hydrogens (tertiary/aromatic N) is 5. The molecule has 0 saturated heterocycles. The molecule has 4 aromatic rings. The third-order valence-corrected chi connectivity index (χ3v) is 4.36. The molecule has 0 aliphatic carbocycles. The fourth-order valence-corrected chi connectivity index (χ4v) is 2.87. The van der Waals surface area contributed by atoms with Crippen LogP contribution in [0.15, 0.2) is 65.7 Å². The van der Waals surface area contributed by atoms with Gasteiger partial charge in [0.1, 0.15) is 12.9 Å². The first-order chi connectivity index (χ1) is 13.6. The summed E-state index contributed by atoms with van der Waals surface area (Å²) in [4.78, 5) is 29.1. The van der Waals surface area contributed by atoms with Gasteiger partial charge >= 0.3 is 0 Å². The fourth-order valence-electron chi connectivity index (χ4n) is 2.75. The van der Waals surface area contributed by atoms with Crippen molar-refractivity contribution in [3.8, 4) is 0 Å². The van der Waals surface area contributed by atoms with Gasteiger partial charge in [0.05, 0.1) is 6.54 Å². The molecule has 2 aromatic carbocycles. The summed E-state index contributed by atoms with van der Waals surface area (Å²) >= 11 is 5.90. The number of carbonyl (C=O) groups excluding carboxylic acids is 1. The number of fused-ring (bicyclic) bond motifs is 1. The van der Waals surface area contributed by atoms with E-state index in [4.69, 9.17) is 11.6 Å². The second-order valence-corrected chi connectivity index (χ2v) is 6.57. The number of para-hydroxylation sites is 1. The van der Waals surface area contributed by atoms with Crippen LogP contribution in [-0.2, 0) is 17.9 Å². The number of benzene rings is 2. The third-order valence-electron chi connectivity index (χ3n) is 4.11. The Morgan fingerprint density at radius 2 is 1.82 bits per heavy atom. The van der Waals surface area contributed by atoms with Crippen molar-refractivity contribution >= 4 is 34.4 Å². The summed E-state index contributed by atoms with van der Waals surface area (Å²) in [6.45, 7) is 0.235. The van der Waals surface area contributed by atoms with E-state index in [0.29, 0.717) is 22.9 Å². The van der Waals surface area contributed by atoms with Gasteiger partial charge in [0.15, 0.2) is 11.2 Å². The van der Waals surface area contributed by atoms with E-state index >= 15 is 0 Å². The molecular formula is C19H15ClN6O2. The summed E-state index contributed by atoms with van der Waals surface area (Å²) in [7, 11) is 0. The summed E-state index contributed by atoms with van der Waals surface area (Å²) < 4.78 is 2.75. The Morgan fingerprint density at radius 1 is 1.07 bits per heavy atom. The Bertz CT molecular complexity index is 1180. The molecular weight excluding hydrogens is 380 g/mol. The van der Waals surface area contributed by atoms with Crippen molar-refractivity contribution in [1.82, 2.24) is 24.5 Å². The smallest absolute Gasteiger partial charge is 0.283 e. The highest BCUT2D eigenvalue weighted by Gasteiger charge is 2.14. The van der Waals surface area contributed by atoms with Crippen molar-refractivity contribution < 1.29 is 4.79 Å². The van der Waals surface area contributed by atoms with Crippen molar-refractivity contribution in [3.05, 3.63) is 81.9 Å². The SMILES string of the molecule is O=C(Cn1cnc2c(nnn2Cc2ccc(Cl)cc2)c1=O)Nc1ccccc1. The summed E-state index contributed by atoms with van der Waals surface area (Å²) in [5.41, 5.74) is 1.66. The Balaban J connectivity index is 1.55. The standard InChI is InChI=1S/C19H15ClN6O2/c20-14-8-6-13(7-9-14)10-26-18-17(23-24-26)19(28)25(12-21-18)11-16(27)22-15-4-2-1-3-5-15/h1-9,12H,10-11H2,(H,22,27). The number of anilines is 1. The Labute approximate surface area is 164 Å². The zero-order valence-electron chi connectivity index (χ0n) is 14.6. The number of halogens is 1. The Morgan fingerprint density at radius 3 is 2.57 bits per heavy atom. The van der Waals surface area contributed by atoms with Crippen molar-refractivity contribution in [2.45, 2.75) is 13.1 Å². The average molecular weight is 395 g/mol. The van der Waals surface area contributed by atoms with Crippen LogP contribution in [0.1, 0.15) is 5.56 Å². The molecule has 0 aliphatic heterocycles. The lowest BCUT2D eigenvalue weighted by Crippen LogP contribution is -2.28. The lowest BCUT2D eigenvalue weighted by Gasteiger charge is -2.07. The van der Waals surface area contributed by atoms with Crippen LogP contribution in [0.3, 0.4) is 0 Å². The van der Waals surface area contributed by atoms with Crippen LogP contribution in [0, 0.1) is 0 Å². The number of rotatable bonds is 5. The highest BCUT2D eigenvalue weighted by Crippen LogP contribution is 2.12. The van der Waals surface area contributed by atoms with Gasteiger partial charge in [0.2, 0.25) is 5.91 Å². The van der Waals surface area contributed by atoms with E-state index in [1.165, 1.54) is 15.6 Å². The Hall–Kier alpha value is -3.52. The fraction of sp³-hybridized carbons (Fsp3) is 0.105. The molecule has 0 radical (unpaired) electrons. The number of amides is 1. The van der Waals surface area contributed by atoms with Gasteiger partial charge in [-0.15, -0.1) is 5.10 Å². The lowest BCUT2D eigenvalue weighted by molar-refractivity contribution is -0.116.